The second-order valence-electron chi connectivity index (χ2n) is 8.62. The monoisotopic (exact) mass is 594 g/mol. The number of fused-ring (bicyclic) bond motifs is 3. The van der Waals surface area contributed by atoms with Crippen molar-refractivity contribution in [3.63, 3.8) is 0 Å². The summed E-state index contributed by atoms with van der Waals surface area (Å²) in [5, 5.41) is 2.88. The van der Waals surface area contributed by atoms with Gasteiger partial charge < -0.3 is 24.8 Å². The fraction of sp³-hybridized carbons (Fsp3) is 0.138. The van der Waals surface area contributed by atoms with Crippen LogP contribution in [0.15, 0.2) is 109 Å². The van der Waals surface area contributed by atoms with Crippen molar-refractivity contribution in [3.8, 4) is 11.1 Å². The van der Waals surface area contributed by atoms with Gasteiger partial charge in [-0.2, -0.15) is 0 Å². The van der Waals surface area contributed by atoms with E-state index in [0.29, 0.717) is 10.0 Å². The summed E-state index contributed by atoms with van der Waals surface area (Å²) in [5.74, 6) is -1.42. The van der Waals surface area contributed by atoms with Gasteiger partial charge >= 0.3 is 206 Å². The SMILES string of the molecule is CCCC(=O)[NH][Zr+2]([CH]1c2ccccc2-c2ccccc21)[SiH](c1ccccc1)c1ccccc1.[Cl-].[Cl-]. The third-order valence-corrected chi connectivity index (χ3v) is 26.0. The van der Waals surface area contributed by atoms with Crippen molar-refractivity contribution in [2.75, 3.05) is 0 Å². The maximum absolute atomic E-state index is 13.2. The molecular formula is C29H28Cl2NOSiZr. The topological polar surface area (TPSA) is 29.1 Å². The van der Waals surface area contributed by atoms with E-state index in [2.05, 4.69) is 119 Å². The van der Waals surface area contributed by atoms with Crippen LogP contribution in [0.5, 0.6) is 0 Å². The molecule has 1 amide bonds. The Balaban J connectivity index is 0.00000171. The number of rotatable bonds is 7. The van der Waals surface area contributed by atoms with Crippen LogP contribution in [0, 0.1) is 0 Å². The number of nitrogens with one attached hydrogen (secondary N) is 1. The predicted molar refractivity (Wildman–Crippen MR) is 136 cm³/mol. The molecule has 5 rings (SSSR count). The summed E-state index contributed by atoms with van der Waals surface area (Å²) >= 11 is -2.67. The van der Waals surface area contributed by atoms with Crippen molar-refractivity contribution in [1.82, 2.24) is 3.26 Å². The van der Waals surface area contributed by atoms with Gasteiger partial charge in [0.25, 0.3) is 0 Å². The maximum Gasteiger partial charge on any atom is -1.00 e. The molecule has 0 aliphatic heterocycles. The second kappa shape index (κ2) is 12.8. The van der Waals surface area contributed by atoms with E-state index in [1.54, 1.807) is 0 Å². The minimum absolute atomic E-state index is 0. The van der Waals surface area contributed by atoms with E-state index in [1.807, 2.05) is 0 Å². The third kappa shape index (κ3) is 5.73. The average molecular weight is 597 g/mol. The molecule has 2 nitrogen and oxygen atoms in total. The van der Waals surface area contributed by atoms with Gasteiger partial charge in [0.05, 0.1) is 0 Å². The molecule has 177 valence electrons. The molecule has 4 aromatic carbocycles. The van der Waals surface area contributed by atoms with Gasteiger partial charge in [0.15, 0.2) is 0 Å². The van der Waals surface area contributed by atoms with E-state index < -0.39 is 27.1 Å². The summed E-state index contributed by atoms with van der Waals surface area (Å²) in [7, 11) is 0. The normalized spacial score (nSPS) is 11.6. The molecule has 0 radical (unpaired) electrons. The summed E-state index contributed by atoms with van der Waals surface area (Å²) in [6, 6.07) is 39.7. The van der Waals surface area contributed by atoms with E-state index in [-0.39, 0.29) is 30.7 Å². The summed E-state index contributed by atoms with van der Waals surface area (Å²) in [6.45, 7) is 2.09. The summed E-state index contributed by atoms with van der Waals surface area (Å²) < 4.78 is 4.09. The number of halogens is 2. The van der Waals surface area contributed by atoms with Crippen molar-refractivity contribution in [3.05, 3.63) is 120 Å². The molecule has 0 saturated carbocycles. The molecule has 6 heteroatoms. The maximum atomic E-state index is 13.2. The Morgan fingerprint density at radius 2 is 1.14 bits per heavy atom. The van der Waals surface area contributed by atoms with Crippen molar-refractivity contribution in [2.24, 2.45) is 0 Å². The molecule has 35 heavy (non-hydrogen) atoms. The Morgan fingerprint density at radius 3 is 1.60 bits per heavy atom. The van der Waals surface area contributed by atoms with Crippen LogP contribution < -0.4 is 38.4 Å². The Kier molecular flexibility index (Phi) is 10.1. The van der Waals surface area contributed by atoms with Crippen LogP contribution in [0.25, 0.3) is 11.1 Å². The quantitative estimate of drug-likeness (QED) is 0.266. The standard InChI is InChI=1S/C13H9.C12H11Si.C4H9NO.2ClH.Zr/c1-3-7-12-10(5-1)9-11-6-2-4-8-13(11)12;1-3-7-11(8-4-1)13-12-9-5-2-6-10-12;1-2-3-4(5)6;;;/h1-9H;1-10,13H;2-3H2,1H3,(H2,5,6);2*1H;/q;;;;;+3/p-3. The second-order valence-corrected chi connectivity index (χ2v) is 23.0. The first-order valence-corrected chi connectivity index (χ1v) is 20.4. The van der Waals surface area contributed by atoms with Gasteiger partial charge in [-0.05, 0) is 0 Å². The van der Waals surface area contributed by atoms with E-state index in [1.165, 1.54) is 32.6 Å². The van der Waals surface area contributed by atoms with Gasteiger partial charge in [0, 0.05) is 0 Å². The van der Waals surface area contributed by atoms with Gasteiger partial charge in [-0.25, -0.2) is 0 Å². The van der Waals surface area contributed by atoms with Crippen molar-refractivity contribution < 1.29 is 50.8 Å². The molecule has 0 aromatic heterocycles. The van der Waals surface area contributed by atoms with Crippen LogP contribution in [-0.4, -0.2) is 11.8 Å². The largest absolute Gasteiger partial charge is 1.00 e. The van der Waals surface area contributed by atoms with Crippen molar-refractivity contribution in [1.29, 1.82) is 0 Å². The molecule has 0 saturated heterocycles. The summed E-state index contributed by atoms with van der Waals surface area (Å²) in [5.41, 5.74) is 5.51. The first-order chi connectivity index (χ1) is 16.3. The molecule has 0 atom stereocenters. The third-order valence-electron chi connectivity index (χ3n) is 6.48. The summed E-state index contributed by atoms with van der Waals surface area (Å²) in [6.07, 6.45) is 1.48. The number of amides is 1. The van der Waals surface area contributed by atoms with Gasteiger partial charge in [0.2, 0.25) is 0 Å². The summed E-state index contributed by atoms with van der Waals surface area (Å²) in [4.78, 5) is 13.2. The van der Waals surface area contributed by atoms with Gasteiger partial charge in [-0.1, -0.05) is 0 Å². The van der Waals surface area contributed by atoms with E-state index in [4.69, 9.17) is 0 Å². The van der Waals surface area contributed by atoms with Crippen LogP contribution in [0.3, 0.4) is 0 Å². The van der Waals surface area contributed by atoms with Crippen LogP contribution >= 0.6 is 0 Å². The minimum atomic E-state index is -2.67. The molecule has 0 heterocycles. The van der Waals surface area contributed by atoms with Gasteiger partial charge in [-0.3, -0.25) is 0 Å². The van der Waals surface area contributed by atoms with E-state index in [9.17, 15) is 4.79 Å². The average Bonchev–Trinajstić information content (AvgIpc) is 3.19. The van der Waals surface area contributed by atoms with E-state index >= 15 is 0 Å². The molecule has 1 aliphatic rings. The fourth-order valence-electron chi connectivity index (χ4n) is 5.09. The first kappa shape index (κ1) is 27.6. The Labute approximate surface area is 229 Å². The van der Waals surface area contributed by atoms with Crippen molar-refractivity contribution in [2.45, 2.75) is 23.4 Å². The van der Waals surface area contributed by atoms with E-state index in [0.717, 1.165) is 6.42 Å². The molecule has 1 aliphatic carbocycles. The molecular weight excluding hydrogens is 569 g/mol. The zero-order valence-corrected chi connectivity index (χ0v) is 24.7. The number of hydrogen-bond acceptors (Lipinski definition) is 1. The minimum Gasteiger partial charge on any atom is -1.00 e. The molecule has 4 aromatic rings. The number of hydrogen-bond donors (Lipinski definition) is 1. The Hall–Kier alpha value is -1.97. The smallest absolute Gasteiger partial charge is 1.00 e. The first-order valence-electron chi connectivity index (χ1n) is 11.7. The molecule has 0 spiro atoms. The fourth-order valence-corrected chi connectivity index (χ4v) is 27.0. The van der Waals surface area contributed by atoms with Gasteiger partial charge in [-0.15, -0.1) is 0 Å². The molecule has 0 bridgehead atoms. The number of carbonyl (C=O) groups excluding carboxylic acids is 1. The van der Waals surface area contributed by atoms with Crippen LogP contribution in [0.4, 0.5) is 0 Å². The Morgan fingerprint density at radius 1 is 0.714 bits per heavy atom. The van der Waals surface area contributed by atoms with Crippen LogP contribution in [0.2, 0.25) is 0 Å². The van der Waals surface area contributed by atoms with Crippen LogP contribution in [-0.2, 0) is 26.0 Å². The molecule has 0 unspecified atom stereocenters. The van der Waals surface area contributed by atoms with Gasteiger partial charge in [0.1, 0.15) is 0 Å². The molecule has 0 fully saturated rings. The van der Waals surface area contributed by atoms with Crippen LogP contribution in [0.1, 0.15) is 34.5 Å². The zero-order chi connectivity index (χ0) is 22.6. The zero-order valence-electron chi connectivity index (χ0n) is 19.6. The number of carbonyl (C=O) groups is 1. The number of benzene rings is 4. The Bertz CT molecular complexity index is 1170. The van der Waals surface area contributed by atoms with Crippen molar-refractivity contribution >= 4 is 22.2 Å². The predicted octanol–water partition coefficient (Wildman–Crippen LogP) is -1.25. The molecule has 1 N–H and O–H groups in total.